The molecule has 0 radical (unpaired) electrons. The molecular weight excluding hydrogens is 236 g/mol. The van der Waals surface area contributed by atoms with E-state index < -0.39 is 0 Å². The second kappa shape index (κ2) is 3.57. The van der Waals surface area contributed by atoms with Crippen LogP contribution in [0.25, 0.3) is 0 Å². The van der Waals surface area contributed by atoms with Gasteiger partial charge in [-0.05, 0) is 30.5 Å². The van der Waals surface area contributed by atoms with Crippen molar-refractivity contribution in [2.75, 3.05) is 0 Å². The number of H-pyrrole nitrogens is 1. The second-order valence-corrected chi connectivity index (χ2v) is 4.66. The number of nitrogens with zero attached hydrogens (tertiary/aromatic N) is 3. The molecule has 1 aromatic heterocycles. The average molecular weight is 245 g/mol. The normalized spacial score (nSPS) is 16.5. The Morgan fingerprint density at radius 2 is 1.94 bits per heavy atom. The van der Waals surface area contributed by atoms with Gasteiger partial charge in [-0.2, -0.15) is 15.6 Å². The van der Waals surface area contributed by atoms with Crippen LogP contribution in [0.3, 0.4) is 0 Å². The summed E-state index contributed by atoms with van der Waals surface area (Å²) in [5.41, 5.74) is 2.15. The molecule has 84 valence electrons. The fraction of sp³-hybridized carbons (Fsp3) is 0.250. The maximum atomic E-state index is 9.00. The highest BCUT2D eigenvalue weighted by atomic mass is 35.5. The van der Waals surface area contributed by atoms with E-state index in [1.54, 1.807) is 0 Å². The Morgan fingerprint density at radius 1 is 1.24 bits per heavy atom. The summed E-state index contributed by atoms with van der Waals surface area (Å²) in [7, 11) is 0. The van der Waals surface area contributed by atoms with E-state index in [1.165, 1.54) is 0 Å². The predicted octanol–water partition coefficient (Wildman–Crippen LogP) is 2.41. The van der Waals surface area contributed by atoms with Crippen molar-refractivity contribution in [2.24, 2.45) is 0 Å². The first-order valence-corrected chi connectivity index (χ1v) is 5.71. The molecule has 17 heavy (non-hydrogen) atoms. The molecule has 1 fully saturated rings. The van der Waals surface area contributed by atoms with E-state index in [9.17, 15) is 0 Å². The van der Waals surface area contributed by atoms with Crippen molar-refractivity contribution < 1.29 is 0 Å². The van der Waals surface area contributed by atoms with Crippen molar-refractivity contribution in [3.8, 4) is 6.07 Å². The molecule has 4 nitrogen and oxygen atoms in total. The maximum absolute atomic E-state index is 9.00. The molecule has 0 unspecified atom stereocenters. The quantitative estimate of drug-likeness (QED) is 0.882. The van der Waals surface area contributed by atoms with Gasteiger partial charge in [0.05, 0.1) is 0 Å². The molecule has 1 aromatic carbocycles. The zero-order chi connectivity index (χ0) is 11.9. The second-order valence-electron chi connectivity index (χ2n) is 4.22. The molecule has 0 aliphatic heterocycles. The Morgan fingerprint density at radius 3 is 2.53 bits per heavy atom. The molecule has 0 saturated heterocycles. The van der Waals surface area contributed by atoms with Crippen molar-refractivity contribution >= 4 is 11.6 Å². The lowest BCUT2D eigenvalue weighted by atomic mass is 9.91. The molecule has 1 heterocycles. The molecule has 5 heteroatoms. The molecule has 1 aliphatic rings. The van der Waals surface area contributed by atoms with E-state index >= 15 is 0 Å². The number of halogens is 1. The first-order chi connectivity index (χ1) is 8.26. The summed E-state index contributed by atoms with van der Waals surface area (Å²) in [5, 5.41) is 20.2. The van der Waals surface area contributed by atoms with E-state index in [1.807, 2.05) is 24.3 Å². The van der Waals surface area contributed by atoms with Crippen LogP contribution in [0.5, 0.6) is 0 Å². The minimum atomic E-state index is -0.136. The Balaban J connectivity index is 2.08. The van der Waals surface area contributed by atoms with Crippen molar-refractivity contribution in [1.82, 2.24) is 15.4 Å². The van der Waals surface area contributed by atoms with Crippen molar-refractivity contribution in [3.05, 3.63) is 46.2 Å². The first kappa shape index (κ1) is 10.3. The van der Waals surface area contributed by atoms with E-state index in [4.69, 9.17) is 16.9 Å². The third-order valence-electron chi connectivity index (χ3n) is 3.25. The Hall–Kier alpha value is -1.86. The molecule has 1 N–H and O–H groups in total. The molecule has 1 saturated carbocycles. The van der Waals surface area contributed by atoms with Crippen LogP contribution in [0.4, 0.5) is 0 Å². The number of hydrogen-bond acceptors (Lipinski definition) is 3. The Bertz CT molecular complexity index is 590. The van der Waals surface area contributed by atoms with Crippen molar-refractivity contribution in [3.63, 3.8) is 0 Å². The molecule has 0 atom stereocenters. The summed E-state index contributed by atoms with van der Waals surface area (Å²) in [5.74, 6) is 0. The lowest BCUT2D eigenvalue weighted by molar-refractivity contribution is 0.785. The van der Waals surface area contributed by atoms with Crippen LogP contribution < -0.4 is 0 Å². The fourth-order valence-corrected chi connectivity index (χ4v) is 2.32. The third kappa shape index (κ3) is 1.51. The first-order valence-electron chi connectivity index (χ1n) is 5.34. The SMILES string of the molecule is N#Cc1n[nH]nc1C1(c2ccc(Cl)cc2)CC1. The monoisotopic (exact) mass is 244 g/mol. The number of benzene rings is 1. The van der Waals surface area contributed by atoms with Crippen LogP contribution in [-0.2, 0) is 5.41 Å². The molecule has 0 bridgehead atoms. The molecule has 2 aromatic rings. The highest BCUT2D eigenvalue weighted by Gasteiger charge is 2.49. The topological polar surface area (TPSA) is 65.4 Å². The van der Waals surface area contributed by atoms with Crippen LogP contribution >= 0.6 is 11.6 Å². The minimum Gasteiger partial charge on any atom is -0.196 e. The summed E-state index contributed by atoms with van der Waals surface area (Å²) in [4.78, 5) is 0. The Kier molecular flexibility index (Phi) is 2.17. The molecule has 1 aliphatic carbocycles. The molecule has 0 spiro atoms. The maximum Gasteiger partial charge on any atom is 0.186 e. The number of rotatable bonds is 2. The predicted molar refractivity (Wildman–Crippen MR) is 62.6 cm³/mol. The van der Waals surface area contributed by atoms with Crippen LogP contribution in [0.2, 0.25) is 5.02 Å². The summed E-state index contributed by atoms with van der Waals surface area (Å²) >= 11 is 5.88. The van der Waals surface area contributed by atoms with E-state index in [0.717, 1.165) is 24.1 Å². The van der Waals surface area contributed by atoms with E-state index in [0.29, 0.717) is 10.7 Å². The van der Waals surface area contributed by atoms with Gasteiger partial charge in [0.25, 0.3) is 0 Å². The van der Waals surface area contributed by atoms with Crippen LogP contribution in [0, 0.1) is 11.3 Å². The average Bonchev–Trinajstić information content (AvgIpc) is 3.01. The number of aromatic nitrogens is 3. The van der Waals surface area contributed by atoms with Gasteiger partial charge < -0.3 is 0 Å². The highest BCUT2D eigenvalue weighted by Crippen LogP contribution is 2.53. The van der Waals surface area contributed by atoms with Gasteiger partial charge in [-0.3, -0.25) is 0 Å². The van der Waals surface area contributed by atoms with Gasteiger partial charge >= 0.3 is 0 Å². The van der Waals surface area contributed by atoms with E-state index in [-0.39, 0.29) is 5.41 Å². The molecule has 3 rings (SSSR count). The van der Waals surface area contributed by atoms with Gasteiger partial charge in [0.1, 0.15) is 11.8 Å². The van der Waals surface area contributed by atoms with Crippen LogP contribution in [0.15, 0.2) is 24.3 Å². The number of hydrogen-bond donors (Lipinski definition) is 1. The third-order valence-corrected chi connectivity index (χ3v) is 3.51. The van der Waals surface area contributed by atoms with Crippen LogP contribution in [-0.4, -0.2) is 15.4 Å². The molecular formula is C12H9ClN4. The van der Waals surface area contributed by atoms with Crippen molar-refractivity contribution in [2.45, 2.75) is 18.3 Å². The summed E-state index contributed by atoms with van der Waals surface area (Å²) in [6, 6.07) is 9.78. The fourth-order valence-electron chi connectivity index (χ4n) is 2.20. The Labute approximate surface area is 103 Å². The number of nitrogens with one attached hydrogen (secondary N) is 1. The zero-order valence-corrected chi connectivity index (χ0v) is 9.70. The van der Waals surface area contributed by atoms with Gasteiger partial charge in [0.2, 0.25) is 0 Å². The number of aromatic amines is 1. The lowest BCUT2D eigenvalue weighted by Gasteiger charge is -2.12. The highest BCUT2D eigenvalue weighted by molar-refractivity contribution is 6.30. The van der Waals surface area contributed by atoms with E-state index in [2.05, 4.69) is 21.5 Å². The van der Waals surface area contributed by atoms with Gasteiger partial charge in [-0.25, -0.2) is 0 Å². The lowest BCUT2D eigenvalue weighted by Crippen LogP contribution is -2.11. The summed E-state index contributed by atoms with van der Waals surface area (Å²) < 4.78 is 0. The summed E-state index contributed by atoms with van der Waals surface area (Å²) in [6.45, 7) is 0. The smallest absolute Gasteiger partial charge is 0.186 e. The van der Waals surface area contributed by atoms with Gasteiger partial charge in [0.15, 0.2) is 5.69 Å². The van der Waals surface area contributed by atoms with Crippen LogP contribution in [0.1, 0.15) is 29.8 Å². The van der Waals surface area contributed by atoms with Gasteiger partial charge in [0, 0.05) is 10.4 Å². The van der Waals surface area contributed by atoms with Gasteiger partial charge in [-0.1, -0.05) is 23.7 Å². The number of nitriles is 1. The largest absolute Gasteiger partial charge is 0.196 e. The van der Waals surface area contributed by atoms with Gasteiger partial charge in [-0.15, -0.1) is 5.10 Å². The van der Waals surface area contributed by atoms with Crippen molar-refractivity contribution in [1.29, 1.82) is 5.26 Å². The zero-order valence-electron chi connectivity index (χ0n) is 8.94. The molecule has 0 amide bonds. The summed E-state index contributed by atoms with van der Waals surface area (Å²) in [6.07, 6.45) is 1.99. The minimum absolute atomic E-state index is 0.136. The standard InChI is InChI=1S/C12H9ClN4/c13-9-3-1-8(2-4-9)12(5-6-12)11-10(7-14)15-17-16-11/h1-4H,5-6H2,(H,15,16,17).